The molecule has 0 saturated carbocycles. The van der Waals surface area contributed by atoms with Crippen LogP contribution >= 0.6 is 0 Å². The van der Waals surface area contributed by atoms with Crippen LogP contribution in [0.2, 0.25) is 0 Å². The van der Waals surface area contributed by atoms with Gasteiger partial charge < -0.3 is 10.1 Å². The van der Waals surface area contributed by atoms with E-state index in [9.17, 15) is 9.18 Å². The molecular weight excluding hydrogens is 197 g/mol. The summed E-state index contributed by atoms with van der Waals surface area (Å²) in [6.45, 7) is 0.395. The number of ether oxygens (including phenoxy) is 1. The Morgan fingerprint density at radius 1 is 1.47 bits per heavy atom. The van der Waals surface area contributed by atoms with E-state index < -0.39 is 12.3 Å². The standard InChI is InChI=1S/C11H12FNO2/c12-10(8-4-2-1-3-5-8)6-9-7-13-11(14)15-9/h1-5,9-10H,6-7H2,(H,13,14). The van der Waals surface area contributed by atoms with Crippen LogP contribution in [0.5, 0.6) is 0 Å². The quantitative estimate of drug-likeness (QED) is 0.828. The molecule has 2 atom stereocenters. The van der Waals surface area contributed by atoms with Crippen molar-refractivity contribution in [1.82, 2.24) is 5.32 Å². The van der Waals surface area contributed by atoms with Crippen molar-refractivity contribution < 1.29 is 13.9 Å². The molecule has 80 valence electrons. The molecule has 0 aliphatic carbocycles. The number of hydrogen-bond acceptors (Lipinski definition) is 2. The number of amides is 1. The van der Waals surface area contributed by atoms with E-state index in [1.807, 2.05) is 6.07 Å². The molecule has 1 aliphatic rings. The Bertz CT molecular complexity index is 342. The molecule has 0 spiro atoms. The van der Waals surface area contributed by atoms with Crippen molar-refractivity contribution >= 4 is 6.09 Å². The number of rotatable bonds is 3. The van der Waals surface area contributed by atoms with Gasteiger partial charge in [-0.2, -0.15) is 0 Å². The van der Waals surface area contributed by atoms with Gasteiger partial charge in [-0.05, 0) is 5.56 Å². The first kappa shape index (κ1) is 9.96. The van der Waals surface area contributed by atoms with Crippen LogP contribution in [0.15, 0.2) is 30.3 Å². The molecule has 3 nitrogen and oxygen atoms in total. The number of nitrogens with one attached hydrogen (secondary N) is 1. The summed E-state index contributed by atoms with van der Waals surface area (Å²) >= 11 is 0. The monoisotopic (exact) mass is 209 g/mol. The molecule has 1 saturated heterocycles. The zero-order chi connectivity index (χ0) is 10.7. The second-order valence-corrected chi connectivity index (χ2v) is 3.52. The van der Waals surface area contributed by atoms with Crippen molar-refractivity contribution in [1.29, 1.82) is 0 Å². The summed E-state index contributed by atoms with van der Waals surface area (Å²) in [6, 6.07) is 8.89. The van der Waals surface area contributed by atoms with Gasteiger partial charge in [-0.3, -0.25) is 0 Å². The van der Waals surface area contributed by atoms with Crippen molar-refractivity contribution in [2.75, 3.05) is 6.54 Å². The second-order valence-electron chi connectivity index (χ2n) is 3.52. The van der Waals surface area contributed by atoms with Crippen LogP contribution in [0.3, 0.4) is 0 Å². The van der Waals surface area contributed by atoms with Crippen molar-refractivity contribution in [2.24, 2.45) is 0 Å². The van der Waals surface area contributed by atoms with E-state index in [2.05, 4.69) is 5.32 Å². The van der Waals surface area contributed by atoms with Gasteiger partial charge in [0.1, 0.15) is 12.3 Å². The van der Waals surface area contributed by atoms with Crippen LogP contribution in [0.25, 0.3) is 0 Å². The smallest absolute Gasteiger partial charge is 0.407 e. The van der Waals surface area contributed by atoms with E-state index in [4.69, 9.17) is 4.74 Å². The minimum absolute atomic E-state index is 0.211. The van der Waals surface area contributed by atoms with Crippen LogP contribution < -0.4 is 5.32 Å². The minimum atomic E-state index is -1.08. The highest BCUT2D eigenvalue weighted by Crippen LogP contribution is 2.24. The predicted molar refractivity (Wildman–Crippen MR) is 53.2 cm³/mol. The van der Waals surface area contributed by atoms with E-state index >= 15 is 0 Å². The molecule has 1 amide bonds. The van der Waals surface area contributed by atoms with Gasteiger partial charge in [0.05, 0.1) is 6.54 Å². The van der Waals surface area contributed by atoms with Gasteiger partial charge in [0.15, 0.2) is 0 Å². The third-order valence-corrected chi connectivity index (χ3v) is 2.38. The molecule has 15 heavy (non-hydrogen) atoms. The summed E-state index contributed by atoms with van der Waals surface area (Å²) in [4.78, 5) is 10.7. The molecule has 1 fully saturated rings. The number of carbonyl (C=O) groups excluding carboxylic acids is 1. The van der Waals surface area contributed by atoms with Gasteiger partial charge in [-0.25, -0.2) is 9.18 Å². The first-order valence-corrected chi connectivity index (χ1v) is 4.89. The Morgan fingerprint density at radius 3 is 2.80 bits per heavy atom. The van der Waals surface area contributed by atoms with Crippen LogP contribution in [0.1, 0.15) is 18.2 Å². The highest BCUT2D eigenvalue weighted by molar-refractivity contribution is 5.69. The lowest BCUT2D eigenvalue weighted by molar-refractivity contribution is 0.117. The highest BCUT2D eigenvalue weighted by Gasteiger charge is 2.26. The lowest BCUT2D eigenvalue weighted by Crippen LogP contribution is -2.16. The van der Waals surface area contributed by atoms with E-state index in [1.54, 1.807) is 24.3 Å². The molecular formula is C11H12FNO2. The number of hydrogen-bond donors (Lipinski definition) is 1. The van der Waals surface area contributed by atoms with Crippen LogP contribution in [0.4, 0.5) is 9.18 Å². The Balaban J connectivity index is 1.92. The van der Waals surface area contributed by atoms with Crippen LogP contribution in [0, 0.1) is 0 Å². The van der Waals surface area contributed by atoms with Crippen molar-refractivity contribution in [3.8, 4) is 0 Å². The lowest BCUT2D eigenvalue weighted by Gasteiger charge is -2.11. The van der Waals surface area contributed by atoms with Crippen LogP contribution in [-0.2, 0) is 4.74 Å². The number of carbonyl (C=O) groups is 1. The molecule has 4 heteroatoms. The summed E-state index contributed by atoms with van der Waals surface area (Å²) in [5.74, 6) is 0. The third kappa shape index (κ3) is 2.46. The molecule has 2 rings (SSSR count). The number of cyclic esters (lactones) is 1. The van der Waals surface area contributed by atoms with Crippen LogP contribution in [-0.4, -0.2) is 18.7 Å². The molecule has 0 bridgehead atoms. The first-order valence-electron chi connectivity index (χ1n) is 4.89. The maximum Gasteiger partial charge on any atom is 0.407 e. The lowest BCUT2D eigenvalue weighted by atomic mass is 10.1. The van der Waals surface area contributed by atoms with Crippen molar-refractivity contribution in [3.63, 3.8) is 0 Å². The maximum atomic E-state index is 13.7. The van der Waals surface area contributed by atoms with Gasteiger partial charge >= 0.3 is 6.09 Å². The summed E-state index contributed by atoms with van der Waals surface area (Å²) in [6.07, 6.45) is -1.68. The van der Waals surface area contributed by atoms with Crippen molar-refractivity contribution in [2.45, 2.75) is 18.7 Å². The predicted octanol–water partition coefficient (Wildman–Crippen LogP) is 2.20. The third-order valence-electron chi connectivity index (χ3n) is 2.38. The molecule has 1 aromatic rings. The summed E-state index contributed by atoms with van der Waals surface area (Å²) < 4.78 is 18.6. The van der Waals surface area contributed by atoms with E-state index in [0.29, 0.717) is 12.1 Å². The Hall–Kier alpha value is -1.58. The fourth-order valence-electron chi connectivity index (χ4n) is 1.59. The largest absolute Gasteiger partial charge is 0.444 e. The molecule has 0 aromatic heterocycles. The van der Waals surface area contributed by atoms with Gasteiger partial charge in [-0.15, -0.1) is 0 Å². The van der Waals surface area contributed by atoms with E-state index in [-0.39, 0.29) is 12.5 Å². The Morgan fingerprint density at radius 2 is 2.20 bits per heavy atom. The Kier molecular flexibility index (Phi) is 2.85. The molecule has 1 N–H and O–H groups in total. The van der Waals surface area contributed by atoms with E-state index in [1.165, 1.54) is 0 Å². The number of halogens is 1. The SMILES string of the molecule is O=C1NCC(CC(F)c2ccccc2)O1. The number of benzene rings is 1. The molecule has 1 heterocycles. The molecule has 1 aliphatic heterocycles. The Labute approximate surface area is 87.2 Å². The number of alkyl carbamates (subject to hydrolysis) is 1. The highest BCUT2D eigenvalue weighted by atomic mass is 19.1. The summed E-state index contributed by atoms with van der Waals surface area (Å²) in [5, 5.41) is 2.50. The van der Waals surface area contributed by atoms with Gasteiger partial charge in [0.2, 0.25) is 0 Å². The fraction of sp³-hybridized carbons (Fsp3) is 0.364. The minimum Gasteiger partial charge on any atom is -0.444 e. The fourth-order valence-corrected chi connectivity index (χ4v) is 1.59. The maximum absolute atomic E-state index is 13.7. The zero-order valence-corrected chi connectivity index (χ0v) is 8.15. The molecule has 2 unspecified atom stereocenters. The molecule has 0 radical (unpaired) electrons. The average molecular weight is 209 g/mol. The average Bonchev–Trinajstić information content (AvgIpc) is 2.65. The summed E-state index contributed by atoms with van der Waals surface area (Å²) in [5.41, 5.74) is 0.625. The second kappa shape index (κ2) is 4.29. The topological polar surface area (TPSA) is 38.3 Å². The first-order chi connectivity index (χ1) is 7.25. The zero-order valence-electron chi connectivity index (χ0n) is 8.15. The normalized spacial score (nSPS) is 21.9. The van der Waals surface area contributed by atoms with Crippen molar-refractivity contribution in [3.05, 3.63) is 35.9 Å². The summed E-state index contributed by atoms with van der Waals surface area (Å²) in [7, 11) is 0. The molecule has 1 aromatic carbocycles. The van der Waals surface area contributed by atoms with Gasteiger partial charge in [-0.1, -0.05) is 30.3 Å². The van der Waals surface area contributed by atoms with E-state index in [0.717, 1.165) is 0 Å². The number of alkyl halides is 1. The van der Waals surface area contributed by atoms with Gasteiger partial charge in [0.25, 0.3) is 0 Å². The van der Waals surface area contributed by atoms with Gasteiger partial charge in [0, 0.05) is 6.42 Å².